The molecule has 2 aromatic rings. The number of hydrogen-bond donors (Lipinski definition) is 1. The molecule has 0 saturated heterocycles. The lowest BCUT2D eigenvalue weighted by Crippen LogP contribution is -2.35. The van der Waals surface area contributed by atoms with Crippen molar-refractivity contribution < 1.29 is 14.3 Å². The van der Waals surface area contributed by atoms with Crippen LogP contribution in [-0.4, -0.2) is 40.2 Å². The molecule has 0 saturated carbocycles. The number of hydrogen-bond acceptors (Lipinski definition) is 6. The fourth-order valence-corrected chi connectivity index (χ4v) is 4.41. The molecule has 0 radical (unpaired) electrons. The van der Waals surface area contributed by atoms with E-state index in [1.165, 1.54) is 22.3 Å². The first-order valence-corrected chi connectivity index (χ1v) is 12.1. The SMILES string of the molecule is CCC1=NN2C(=N)C(=Cc3cccc(OCCOc4cc(C)ccc4C(C)C)c3)C(=O)N=C2S1. The van der Waals surface area contributed by atoms with Crippen molar-refractivity contribution in [3.05, 3.63) is 64.7 Å². The number of fused-ring (bicyclic) bond motifs is 1. The second kappa shape index (κ2) is 10.3. The fraction of sp³-hybridized carbons (Fsp3) is 0.308. The number of aryl methyl sites for hydroxylation is 1. The van der Waals surface area contributed by atoms with Crippen molar-refractivity contribution >= 4 is 39.8 Å². The van der Waals surface area contributed by atoms with Crippen LogP contribution in [-0.2, 0) is 4.79 Å². The Hall–Kier alpha value is -3.39. The summed E-state index contributed by atoms with van der Waals surface area (Å²) in [6.45, 7) is 9.12. The maximum absolute atomic E-state index is 12.5. The second-order valence-electron chi connectivity index (χ2n) is 8.33. The number of carbonyl (C=O) groups is 1. The van der Waals surface area contributed by atoms with Gasteiger partial charge in [0.05, 0.1) is 5.57 Å². The average molecular weight is 477 g/mol. The Morgan fingerprint density at radius 2 is 1.94 bits per heavy atom. The van der Waals surface area contributed by atoms with Crippen LogP contribution in [0, 0.1) is 12.3 Å². The Balaban J connectivity index is 1.41. The van der Waals surface area contributed by atoms with Crippen LogP contribution < -0.4 is 9.47 Å². The molecule has 2 aromatic carbocycles. The van der Waals surface area contributed by atoms with Gasteiger partial charge < -0.3 is 9.47 Å². The first-order chi connectivity index (χ1) is 16.4. The molecular formula is C26H28N4O3S. The van der Waals surface area contributed by atoms with Crippen LogP contribution in [0.25, 0.3) is 6.08 Å². The minimum Gasteiger partial charge on any atom is -0.490 e. The molecule has 8 heteroatoms. The number of aliphatic imine (C=N–C) groups is 1. The topological polar surface area (TPSA) is 87.3 Å². The normalized spacial score (nSPS) is 16.6. The van der Waals surface area contributed by atoms with Gasteiger partial charge in [-0.3, -0.25) is 10.2 Å². The van der Waals surface area contributed by atoms with Crippen molar-refractivity contribution in [3.63, 3.8) is 0 Å². The molecule has 0 unspecified atom stereocenters. The Kier molecular flexibility index (Phi) is 7.17. The van der Waals surface area contributed by atoms with E-state index >= 15 is 0 Å². The fourth-order valence-electron chi connectivity index (χ4n) is 3.59. The number of carbonyl (C=O) groups excluding carboxylic acids is 1. The first kappa shape index (κ1) is 23.8. The molecule has 1 N–H and O–H groups in total. The van der Waals surface area contributed by atoms with Crippen LogP contribution in [0.4, 0.5) is 0 Å². The molecule has 2 heterocycles. The predicted octanol–water partition coefficient (Wildman–Crippen LogP) is 5.61. The maximum Gasteiger partial charge on any atom is 0.283 e. The minimum absolute atomic E-state index is 0.0322. The zero-order chi connectivity index (χ0) is 24.2. The number of amides is 1. The van der Waals surface area contributed by atoms with Crippen LogP contribution in [0.2, 0.25) is 0 Å². The van der Waals surface area contributed by atoms with Gasteiger partial charge in [-0.1, -0.05) is 45.0 Å². The molecule has 0 fully saturated rings. The van der Waals surface area contributed by atoms with Crippen molar-refractivity contribution in [2.24, 2.45) is 10.1 Å². The van der Waals surface area contributed by atoms with Crippen molar-refractivity contribution in [1.29, 1.82) is 5.41 Å². The first-order valence-electron chi connectivity index (χ1n) is 11.3. The number of ether oxygens (including phenoxy) is 2. The molecule has 0 spiro atoms. The Labute approximate surface area is 204 Å². The number of nitrogens with one attached hydrogen (secondary N) is 1. The summed E-state index contributed by atoms with van der Waals surface area (Å²) in [5, 5.41) is 15.5. The lowest BCUT2D eigenvalue weighted by Gasteiger charge is -2.20. The molecule has 0 atom stereocenters. The van der Waals surface area contributed by atoms with Gasteiger partial charge in [0.15, 0.2) is 5.84 Å². The van der Waals surface area contributed by atoms with Crippen molar-refractivity contribution in [3.8, 4) is 11.5 Å². The molecule has 2 aliphatic heterocycles. The van der Waals surface area contributed by atoms with Gasteiger partial charge in [0.1, 0.15) is 29.8 Å². The van der Waals surface area contributed by atoms with Gasteiger partial charge in [-0.05, 0) is 72.0 Å². The highest BCUT2D eigenvalue weighted by Crippen LogP contribution is 2.30. The Morgan fingerprint density at radius 1 is 1.15 bits per heavy atom. The zero-order valence-electron chi connectivity index (χ0n) is 19.8. The predicted molar refractivity (Wildman–Crippen MR) is 138 cm³/mol. The van der Waals surface area contributed by atoms with Crippen LogP contribution in [0.1, 0.15) is 49.8 Å². The lowest BCUT2D eigenvalue weighted by molar-refractivity contribution is -0.114. The summed E-state index contributed by atoms with van der Waals surface area (Å²) in [4.78, 5) is 16.6. The van der Waals surface area contributed by atoms with E-state index in [1.807, 2.05) is 38.1 Å². The van der Waals surface area contributed by atoms with E-state index in [2.05, 4.69) is 42.1 Å². The number of benzene rings is 2. The molecule has 2 aliphatic rings. The molecule has 0 bridgehead atoms. The third kappa shape index (κ3) is 5.22. The van der Waals surface area contributed by atoms with E-state index < -0.39 is 5.91 Å². The smallest absolute Gasteiger partial charge is 0.283 e. The third-order valence-electron chi connectivity index (χ3n) is 5.37. The molecule has 7 nitrogen and oxygen atoms in total. The van der Waals surface area contributed by atoms with Gasteiger partial charge in [-0.2, -0.15) is 15.1 Å². The highest BCUT2D eigenvalue weighted by Gasteiger charge is 2.35. The number of hydrazone groups is 1. The zero-order valence-corrected chi connectivity index (χ0v) is 20.6. The molecular weight excluding hydrogens is 448 g/mol. The Bertz CT molecular complexity index is 1220. The van der Waals surface area contributed by atoms with Crippen LogP contribution in [0.3, 0.4) is 0 Å². The number of amidine groups is 2. The van der Waals surface area contributed by atoms with E-state index in [9.17, 15) is 4.79 Å². The highest BCUT2D eigenvalue weighted by atomic mass is 32.2. The Morgan fingerprint density at radius 3 is 2.71 bits per heavy atom. The van der Waals surface area contributed by atoms with Crippen LogP contribution in [0.5, 0.6) is 11.5 Å². The summed E-state index contributed by atoms with van der Waals surface area (Å²) in [6.07, 6.45) is 2.38. The number of rotatable bonds is 8. The standard InChI is InChI=1S/C26H28N4O3S/c1-5-23-29-30-24(27)21(25(31)28-26(30)34-23)15-18-7-6-8-19(14-18)32-11-12-33-22-13-17(4)9-10-20(22)16(2)3/h6-10,13-16,27H,5,11-12H2,1-4H3. The van der Waals surface area contributed by atoms with E-state index in [-0.39, 0.29) is 11.4 Å². The van der Waals surface area contributed by atoms with Crippen molar-refractivity contribution in [2.45, 2.75) is 40.0 Å². The largest absolute Gasteiger partial charge is 0.490 e. The van der Waals surface area contributed by atoms with Gasteiger partial charge in [0, 0.05) is 0 Å². The summed E-state index contributed by atoms with van der Waals surface area (Å²) in [5.41, 5.74) is 3.28. The molecule has 34 heavy (non-hydrogen) atoms. The van der Waals surface area contributed by atoms with Gasteiger partial charge in [-0.15, -0.1) is 0 Å². The van der Waals surface area contributed by atoms with Gasteiger partial charge in [0.25, 0.3) is 5.91 Å². The van der Waals surface area contributed by atoms with E-state index in [4.69, 9.17) is 14.9 Å². The van der Waals surface area contributed by atoms with Crippen LogP contribution >= 0.6 is 11.8 Å². The highest BCUT2D eigenvalue weighted by molar-refractivity contribution is 8.26. The monoisotopic (exact) mass is 476 g/mol. The number of thioether (sulfide) groups is 1. The minimum atomic E-state index is -0.435. The van der Waals surface area contributed by atoms with Crippen molar-refractivity contribution in [2.75, 3.05) is 13.2 Å². The van der Waals surface area contributed by atoms with Gasteiger partial charge in [0.2, 0.25) is 5.17 Å². The number of nitrogens with zero attached hydrogens (tertiary/aromatic N) is 3. The summed E-state index contributed by atoms with van der Waals surface area (Å²) < 4.78 is 11.9. The molecule has 0 aliphatic carbocycles. The van der Waals surface area contributed by atoms with Gasteiger partial charge in [-0.25, -0.2) is 0 Å². The molecule has 4 rings (SSSR count). The summed E-state index contributed by atoms with van der Waals surface area (Å²) in [5.74, 6) is 1.52. The summed E-state index contributed by atoms with van der Waals surface area (Å²) in [7, 11) is 0. The maximum atomic E-state index is 12.5. The molecule has 0 aromatic heterocycles. The second-order valence-corrected chi connectivity index (χ2v) is 9.37. The average Bonchev–Trinajstić information content (AvgIpc) is 3.23. The third-order valence-corrected chi connectivity index (χ3v) is 6.42. The van der Waals surface area contributed by atoms with E-state index in [0.717, 1.165) is 28.3 Å². The van der Waals surface area contributed by atoms with Gasteiger partial charge >= 0.3 is 0 Å². The summed E-state index contributed by atoms with van der Waals surface area (Å²) in [6, 6.07) is 13.7. The summed E-state index contributed by atoms with van der Waals surface area (Å²) >= 11 is 1.33. The molecule has 1 amide bonds. The van der Waals surface area contributed by atoms with Crippen molar-refractivity contribution in [1.82, 2.24) is 5.01 Å². The van der Waals surface area contributed by atoms with E-state index in [0.29, 0.717) is 30.0 Å². The van der Waals surface area contributed by atoms with E-state index in [1.54, 1.807) is 6.08 Å². The quantitative estimate of drug-likeness (QED) is 0.395. The molecule has 176 valence electrons. The lowest BCUT2D eigenvalue weighted by atomic mass is 10.0. The van der Waals surface area contributed by atoms with Crippen LogP contribution in [0.15, 0.2) is 58.1 Å².